The van der Waals surface area contributed by atoms with Crippen molar-refractivity contribution in [3.63, 3.8) is 0 Å². The van der Waals surface area contributed by atoms with E-state index in [2.05, 4.69) is 20.5 Å². The summed E-state index contributed by atoms with van der Waals surface area (Å²) in [6.45, 7) is 1.97. The van der Waals surface area contributed by atoms with Gasteiger partial charge in [0.1, 0.15) is 11.3 Å². The molecule has 0 atom stereocenters. The maximum atomic E-state index is 12.1. The van der Waals surface area contributed by atoms with Crippen LogP contribution in [0, 0.1) is 0 Å². The van der Waals surface area contributed by atoms with Gasteiger partial charge in [0.15, 0.2) is 5.69 Å². The van der Waals surface area contributed by atoms with Crippen LogP contribution in [0.15, 0.2) is 28.9 Å². The number of hydrogen-bond acceptors (Lipinski definition) is 6. The molecule has 0 radical (unpaired) electrons. The van der Waals surface area contributed by atoms with Crippen LogP contribution in [0.1, 0.15) is 22.4 Å². The molecule has 0 saturated heterocycles. The number of oxazole rings is 1. The van der Waals surface area contributed by atoms with Gasteiger partial charge in [-0.15, -0.1) is 10.2 Å². The molecule has 0 aliphatic heterocycles. The number of aryl methyl sites for hydroxylation is 1. The highest BCUT2D eigenvalue weighted by atomic mass is 35.5. The first kappa shape index (κ1) is 15.9. The summed E-state index contributed by atoms with van der Waals surface area (Å²) in [6.07, 6.45) is 2.04. The molecule has 1 aromatic carbocycles. The number of halogens is 2. The highest BCUT2D eigenvalue weighted by Crippen LogP contribution is 2.28. The van der Waals surface area contributed by atoms with Gasteiger partial charge in [-0.3, -0.25) is 10.1 Å². The van der Waals surface area contributed by atoms with Crippen molar-refractivity contribution < 1.29 is 9.21 Å². The van der Waals surface area contributed by atoms with E-state index in [4.69, 9.17) is 27.6 Å². The number of carbonyl (C=O) groups excluding carboxylic acids is 1. The summed E-state index contributed by atoms with van der Waals surface area (Å²) in [6, 6.07) is 4.96. The lowest BCUT2D eigenvalue weighted by atomic mass is 10.2. The Morgan fingerprint density at radius 1 is 1.30 bits per heavy atom. The molecule has 1 amide bonds. The minimum absolute atomic E-state index is 0.138. The van der Waals surface area contributed by atoms with Gasteiger partial charge in [0, 0.05) is 5.56 Å². The molecule has 118 valence electrons. The number of anilines is 1. The second-order valence-electron chi connectivity index (χ2n) is 4.48. The first-order chi connectivity index (χ1) is 11.1. The lowest BCUT2D eigenvalue weighted by Gasteiger charge is -1.98. The summed E-state index contributed by atoms with van der Waals surface area (Å²) in [4.78, 5) is 16.3. The fraction of sp³-hybridized carbons (Fsp3) is 0.143. The fourth-order valence-corrected chi connectivity index (χ4v) is 2.72. The van der Waals surface area contributed by atoms with Gasteiger partial charge in [0.05, 0.1) is 10.0 Å². The lowest BCUT2D eigenvalue weighted by molar-refractivity contribution is 0.102. The van der Waals surface area contributed by atoms with Crippen molar-refractivity contribution in [2.75, 3.05) is 5.32 Å². The van der Waals surface area contributed by atoms with Gasteiger partial charge in [-0.1, -0.05) is 41.5 Å². The van der Waals surface area contributed by atoms with E-state index in [0.717, 1.165) is 11.4 Å². The van der Waals surface area contributed by atoms with Gasteiger partial charge in [-0.25, -0.2) is 4.98 Å². The van der Waals surface area contributed by atoms with Gasteiger partial charge in [-0.05, 0) is 24.6 Å². The Hall–Kier alpha value is -1.96. The molecule has 0 unspecified atom stereocenters. The molecule has 9 heteroatoms. The van der Waals surface area contributed by atoms with Crippen LogP contribution < -0.4 is 5.32 Å². The predicted octanol–water partition coefficient (Wildman–Crippen LogP) is 4.31. The molecule has 3 rings (SSSR count). The maximum Gasteiger partial charge on any atom is 0.279 e. The van der Waals surface area contributed by atoms with Crippen molar-refractivity contribution in [3.8, 4) is 11.5 Å². The highest BCUT2D eigenvalue weighted by molar-refractivity contribution is 7.15. The first-order valence-electron chi connectivity index (χ1n) is 6.61. The van der Waals surface area contributed by atoms with E-state index in [-0.39, 0.29) is 11.6 Å². The van der Waals surface area contributed by atoms with Crippen LogP contribution in [0.25, 0.3) is 11.5 Å². The van der Waals surface area contributed by atoms with Crippen molar-refractivity contribution in [2.45, 2.75) is 13.3 Å². The molecule has 1 N–H and O–H groups in total. The summed E-state index contributed by atoms with van der Waals surface area (Å²) in [5.41, 5.74) is 0.766. The standard InChI is InChI=1S/C14H10Cl2N4O2S/c1-2-11-19-20-14(23-11)18-12(21)10-6-22-13(17-10)7-3-4-8(15)9(16)5-7/h3-6H,2H2,1H3,(H,18,20,21). The van der Waals surface area contributed by atoms with Gasteiger partial charge in [-0.2, -0.15) is 0 Å². The van der Waals surface area contributed by atoms with Crippen LogP contribution >= 0.6 is 34.5 Å². The molecular weight excluding hydrogens is 359 g/mol. The second-order valence-corrected chi connectivity index (χ2v) is 6.35. The number of benzene rings is 1. The van der Waals surface area contributed by atoms with E-state index in [0.29, 0.717) is 20.7 Å². The van der Waals surface area contributed by atoms with Crippen LogP contribution in [-0.2, 0) is 6.42 Å². The molecule has 0 bridgehead atoms. The number of amides is 1. The number of hydrogen-bond donors (Lipinski definition) is 1. The topological polar surface area (TPSA) is 80.9 Å². The van der Waals surface area contributed by atoms with Crippen molar-refractivity contribution in [1.82, 2.24) is 15.2 Å². The van der Waals surface area contributed by atoms with Crippen LogP contribution in [0.2, 0.25) is 10.0 Å². The summed E-state index contributed by atoms with van der Waals surface area (Å²) in [7, 11) is 0. The van der Waals surface area contributed by atoms with Gasteiger partial charge in [0.2, 0.25) is 11.0 Å². The highest BCUT2D eigenvalue weighted by Gasteiger charge is 2.16. The number of carbonyl (C=O) groups is 1. The molecule has 0 spiro atoms. The smallest absolute Gasteiger partial charge is 0.279 e. The zero-order valence-electron chi connectivity index (χ0n) is 11.8. The quantitative estimate of drug-likeness (QED) is 0.741. The first-order valence-corrected chi connectivity index (χ1v) is 8.18. The molecule has 23 heavy (non-hydrogen) atoms. The zero-order chi connectivity index (χ0) is 16.4. The summed E-state index contributed by atoms with van der Waals surface area (Å²) in [5, 5.41) is 12.5. The average molecular weight is 369 g/mol. The molecule has 2 aromatic heterocycles. The molecule has 3 aromatic rings. The van der Waals surface area contributed by atoms with Crippen molar-refractivity contribution in [2.24, 2.45) is 0 Å². The maximum absolute atomic E-state index is 12.1. The van der Waals surface area contributed by atoms with E-state index in [1.807, 2.05) is 6.92 Å². The average Bonchev–Trinajstić information content (AvgIpc) is 3.19. The molecule has 0 saturated carbocycles. The Morgan fingerprint density at radius 3 is 2.83 bits per heavy atom. The largest absolute Gasteiger partial charge is 0.444 e. The van der Waals surface area contributed by atoms with Crippen LogP contribution in [0.3, 0.4) is 0 Å². The second kappa shape index (κ2) is 6.66. The van der Waals surface area contributed by atoms with Crippen molar-refractivity contribution in [1.29, 1.82) is 0 Å². The van der Waals surface area contributed by atoms with Crippen LogP contribution in [0.5, 0.6) is 0 Å². The minimum atomic E-state index is -0.418. The van der Waals surface area contributed by atoms with Crippen molar-refractivity contribution in [3.05, 3.63) is 45.2 Å². The summed E-state index contributed by atoms with van der Waals surface area (Å²) in [5.74, 6) is -0.140. The molecule has 0 aliphatic rings. The van der Waals surface area contributed by atoms with E-state index in [1.165, 1.54) is 17.6 Å². The molecular formula is C14H10Cl2N4O2S. The number of aromatic nitrogens is 3. The third-order valence-electron chi connectivity index (χ3n) is 2.89. The minimum Gasteiger partial charge on any atom is -0.444 e. The predicted molar refractivity (Wildman–Crippen MR) is 89.2 cm³/mol. The normalized spacial score (nSPS) is 10.7. The zero-order valence-corrected chi connectivity index (χ0v) is 14.2. The summed E-state index contributed by atoms with van der Waals surface area (Å²) >= 11 is 13.1. The van der Waals surface area contributed by atoms with E-state index >= 15 is 0 Å². The Labute approximate surface area is 145 Å². The monoisotopic (exact) mass is 368 g/mol. The summed E-state index contributed by atoms with van der Waals surface area (Å²) < 4.78 is 5.32. The third kappa shape index (κ3) is 3.52. The molecule has 2 heterocycles. The molecule has 6 nitrogen and oxygen atoms in total. The lowest BCUT2D eigenvalue weighted by Crippen LogP contribution is -2.12. The SMILES string of the molecule is CCc1nnc(NC(=O)c2coc(-c3ccc(Cl)c(Cl)c3)n2)s1. The Morgan fingerprint density at radius 2 is 2.13 bits per heavy atom. The number of nitrogens with zero attached hydrogens (tertiary/aromatic N) is 3. The van der Waals surface area contributed by atoms with Gasteiger partial charge >= 0.3 is 0 Å². The molecule has 0 aliphatic carbocycles. The van der Waals surface area contributed by atoms with Gasteiger partial charge < -0.3 is 4.42 Å². The molecule has 0 fully saturated rings. The van der Waals surface area contributed by atoms with Crippen LogP contribution in [0.4, 0.5) is 5.13 Å². The van der Waals surface area contributed by atoms with Crippen LogP contribution in [-0.4, -0.2) is 21.1 Å². The fourth-order valence-electron chi connectivity index (χ4n) is 1.75. The van der Waals surface area contributed by atoms with E-state index in [1.54, 1.807) is 18.2 Å². The van der Waals surface area contributed by atoms with Crippen molar-refractivity contribution >= 4 is 45.6 Å². The van der Waals surface area contributed by atoms with Gasteiger partial charge in [0.25, 0.3) is 5.91 Å². The Bertz CT molecular complexity index is 862. The van der Waals surface area contributed by atoms with E-state index in [9.17, 15) is 4.79 Å². The number of nitrogens with one attached hydrogen (secondary N) is 1. The number of rotatable bonds is 4. The Kier molecular flexibility index (Phi) is 4.61. The van der Waals surface area contributed by atoms with E-state index < -0.39 is 5.91 Å². The Balaban J connectivity index is 1.77. The third-order valence-corrected chi connectivity index (χ3v) is 4.62.